The molecule has 5 unspecified atom stereocenters. The Bertz CT molecular complexity index is 2440. The molecule has 9 N–H and O–H groups in total. The Morgan fingerprint density at radius 3 is 1.07 bits per heavy atom. The number of phosphoric acid groups is 1. The van der Waals surface area contributed by atoms with Gasteiger partial charge in [0, 0.05) is 12.8 Å². The Labute approximate surface area is 695 Å². The van der Waals surface area contributed by atoms with Crippen LogP contribution in [-0.4, -0.2) is 170 Å². The minimum atomic E-state index is -5.61. The molecule has 2 heterocycles. The fourth-order valence-corrected chi connectivity index (χ4v) is 16.2. The summed E-state index contributed by atoms with van der Waals surface area (Å²) in [5, 5.41) is 63.0. The molecule has 0 aromatic heterocycles. The molecule has 676 valence electrons. The number of hydrogen-bond acceptors (Lipinski definition) is 20. The molecule has 0 radical (unpaired) electrons. The van der Waals surface area contributed by atoms with E-state index < -0.39 is 168 Å². The van der Waals surface area contributed by atoms with Crippen molar-refractivity contribution in [2.45, 2.75) is 525 Å². The van der Waals surface area contributed by atoms with Gasteiger partial charge in [-0.2, -0.15) is 0 Å². The van der Waals surface area contributed by atoms with E-state index in [4.69, 9.17) is 37.7 Å². The second-order valence-corrected chi connectivity index (χ2v) is 34.7. The van der Waals surface area contributed by atoms with E-state index in [0.717, 1.165) is 218 Å². The van der Waals surface area contributed by atoms with Gasteiger partial charge >= 0.3 is 31.7 Å². The monoisotopic (exact) mass is 1660 g/mol. The molecule has 2 aliphatic rings. The van der Waals surface area contributed by atoms with Crippen molar-refractivity contribution in [1.29, 1.82) is 0 Å². The molecule has 0 spiro atoms. The number of aliphatic hydroxyl groups is 5. The summed E-state index contributed by atoms with van der Waals surface area (Å²) < 4.78 is 61.6. The lowest BCUT2D eigenvalue weighted by atomic mass is 9.95. The summed E-state index contributed by atoms with van der Waals surface area (Å²) in [6.45, 7) is 11.2. The van der Waals surface area contributed by atoms with Crippen LogP contribution in [0.2, 0.25) is 0 Å². The van der Waals surface area contributed by atoms with E-state index in [9.17, 15) is 63.9 Å². The average molecular weight is 1660 g/mol. The highest BCUT2D eigenvalue weighted by atomic mass is 31.2. The molecule has 2 saturated heterocycles. The molecule has 2 aliphatic heterocycles. The summed E-state index contributed by atoms with van der Waals surface area (Å²) in [7, 11) is -5.61. The largest absolute Gasteiger partial charge is 0.470 e. The van der Waals surface area contributed by atoms with Gasteiger partial charge in [-0.05, 0) is 51.4 Å². The molecule has 0 aliphatic carbocycles. The first-order chi connectivity index (χ1) is 55.6. The number of esters is 4. The fraction of sp³-hybridized carbons (Fsp3) is 0.933. The standard InChI is InChI=1S/C90H169N2O22P/c1-7-13-19-25-31-37-39-45-51-57-63-79(98)108-73(61-55-49-43-35-29-23-17-11-5)67-78(97)92-84-88(113-82(101)68-74(62-56-50-44-36-30-24-18-12-6)109-80(99)64-58-52-46-40-38-32-26-20-14-8-2)86(114-115(104,105)106)75(69-93)111-90(84)107-70-76-85(102)87(112-81(100)66-72(95)60-54-48-42-34-28-22-16-10-4)83(89(103)110-76)91-77(96)65-71(94)59-53-47-41-33-27-21-15-9-3/h71-76,83-90,93-95,102-103H,7-70H2,1-6H3,(H,91,96)(H,92,97)(H2,104,105,106)/t71-,72-,73-,74-,75?,76?,83?,84+,85-,86-,87-,88?,89?,90-/m1/s1. The molecule has 0 aromatic rings. The van der Waals surface area contributed by atoms with Crippen molar-refractivity contribution in [3.8, 4) is 0 Å². The Kier molecular flexibility index (Phi) is 66.7. The molecule has 14 atom stereocenters. The SMILES string of the molecule is CCCCCCCCCCCCC(=O)O[C@H](CCCCCCCCCC)CC(=O)N[C@H]1C(OC(=O)C[C@@H](CCCCCCCCCC)OC(=O)CCCCCCCCCCCC)[C@H](OP(=O)(O)O)C(CO)O[C@H]1OCC1OC(O)C(NC(=O)C[C@H](O)CCCCCCCCCC)[C@@H](OC(=O)C[C@H](O)CCCCCCCCCC)[C@@H]1O. The van der Waals surface area contributed by atoms with Gasteiger partial charge in [-0.3, -0.25) is 33.3 Å². The molecule has 0 aromatic carbocycles. The van der Waals surface area contributed by atoms with Gasteiger partial charge in [0.1, 0.15) is 48.7 Å². The summed E-state index contributed by atoms with van der Waals surface area (Å²) in [6, 6.07) is -3.46. The van der Waals surface area contributed by atoms with E-state index in [2.05, 4.69) is 52.2 Å². The van der Waals surface area contributed by atoms with Crippen molar-refractivity contribution in [1.82, 2.24) is 10.6 Å². The maximum atomic E-state index is 15.0. The van der Waals surface area contributed by atoms with Gasteiger partial charge in [0.15, 0.2) is 24.8 Å². The molecule has 2 amide bonds. The molecule has 2 rings (SSSR count). The van der Waals surface area contributed by atoms with E-state index in [1.807, 2.05) is 0 Å². The number of carbonyl (C=O) groups excluding carboxylic acids is 6. The Hall–Kier alpha value is -3.39. The van der Waals surface area contributed by atoms with Crippen molar-refractivity contribution in [2.24, 2.45) is 0 Å². The Morgan fingerprint density at radius 2 is 0.687 bits per heavy atom. The zero-order valence-electron chi connectivity index (χ0n) is 73.0. The Morgan fingerprint density at radius 1 is 0.365 bits per heavy atom. The predicted molar refractivity (Wildman–Crippen MR) is 451 cm³/mol. The van der Waals surface area contributed by atoms with Crippen molar-refractivity contribution in [3.63, 3.8) is 0 Å². The first-order valence-corrected chi connectivity index (χ1v) is 48.5. The van der Waals surface area contributed by atoms with Gasteiger partial charge in [-0.25, -0.2) is 4.57 Å². The summed E-state index contributed by atoms with van der Waals surface area (Å²) in [5.74, 6) is -4.57. The van der Waals surface area contributed by atoms with E-state index in [1.165, 1.54) is 77.0 Å². The summed E-state index contributed by atoms with van der Waals surface area (Å²) in [5.41, 5.74) is 0. The van der Waals surface area contributed by atoms with Crippen molar-refractivity contribution in [3.05, 3.63) is 0 Å². The zero-order valence-corrected chi connectivity index (χ0v) is 73.9. The summed E-state index contributed by atoms with van der Waals surface area (Å²) >= 11 is 0. The van der Waals surface area contributed by atoms with Crippen molar-refractivity contribution >= 4 is 43.5 Å². The van der Waals surface area contributed by atoms with Crippen molar-refractivity contribution < 1.29 is 106 Å². The van der Waals surface area contributed by atoms with Crippen LogP contribution >= 0.6 is 7.82 Å². The average Bonchev–Trinajstić information content (AvgIpc) is 0.816. The number of hydrogen-bond donors (Lipinski definition) is 9. The first-order valence-electron chi connectivity index (χ1n) is 47.0. The number of phosphoric ester groups is 1. The van der Waals surface area contributed by atoms with Crippen LogP contribution in [0.25, 0.3) is 0 Å². The van der Waals surface area contributed by atoms with Crippen LogP contribution in [-0.2, 0) is 71.0 Å². The van der Waals surface area contributed by atoms with Gasteiger partial charge in [0.25, 0.3) is 0 Å². The third kappa shape index (κ3) is 56.0. The van der Waals surface area contributed by atoms with Crippen LogP contribution in [0.1, 0.15) is 440 Å². The lowest BCUT2D eigenvalue weighted by Gasteiger charge is -2.46. The second kappa shape index (κ2) is 71.2. The number of aliphatic hydroxyl groups excluding tert-OH is 5. The molecular formula is C90H169N2O22P. The summed E-state index contributed by atoms with van der Waals surface area (Å²) in [6.07, 6.45) is 33.0. The third-order valence-corrected chi connectivity index (χ3v) is 23.1. The number of carbonyl (C=O) groups is 6. The predicted octanol–water partition coefficient (Wildman–Crippen LogP) is 18.9. The van der Waals surface area contributed by atoms with Gasteiger partial charge in [-0.1, -0.05) is 350 Å². The lowest BCUT2D eigenvalue weighted by Crippen LogP contribution is -2.68. The molecule has 25 heteroatoms. The van der Waals surface area contributed by atoms with E-state index in [0.29, 0.717) is 51.4 Å². The highest BCUT2D eigenvalue weighted by Gasteiger charge is 2.54. The van der Waals surface area contributed by atoms with Crippen LogP contribution in [0.4, 0.5) is 0 Å². The van der Waals surface area contributed by atoms with Crippen molar-refractivity contribution in [2.75, 3.05) is 13.2 Å². The number of ether oxygens (including phenoxy) is 7. The quantitative estimate of drug-likeness (QED) is 0.0118. The molecule has 2 fully saturated rings. The van der Waals surface area contributed by atoms with Crippen LogP contribution in [0, 0.1) is 0 Å². The van der Waals surface area contributed by atoms with E-state index in [1.54, 1.807) is 0 Å². The third-order valence-electron chi connectivity index (χ3n) is 22.6. The maximum absolute atomic E-state index is 15.0. The minimum absolute atomic E-state index is 0.110. The lowest BCUT2D eigenvalue weighted by molar-refractivity contribution is -0.298. The van der Waals surface area contributed by atoms with Crippen LogP contribution in [0.15, 0.2) is 0 Å². The molecule has 24 nitrogen and oxygen atoms in total. The molecular weight excluding hydrogens is 1490 g/mol. The number of unbranched alkanes of at least 4 members (excludes halogenated alkanes) is 46. The smallest absolute Gasteiger partial charge is 0.462 e. The molecule has 0 bridgehead atoms. The van der Waals surface area contributed by atoms with Crippen LogP contribution in [0.3, 0.4) is 0 Å². The molecule has 0 saturated carbocycles. The minimum Gasteiger partial charge on any atom is -0.462 e. The first kappa shape index (κ1) is 108. The molecule has 115 heavy (non-hydrogen) atoms. The highest BCUT2D eigenvalue weighted by molar-refractivity contribution is 7.46. The normalized spacial score (nSPS) is 20.8. The maximum Gasteiger partial charge on any atom is 0.470 e. The highest BCUT2D eigenvalue weighted by Crippen LogP contribution is 2.43. The summed E-state index contributed by atoms with van der Waals surface area (Å²) in [4.78, 5) is 106. The topological polar surface area (TPSA) is 359 Å². The van der Waals surface area contributed by atoms with Gasteiger partial charge < -0.3 is 79.1 Å². The number of amides is 2. The van der Waals surface area contributed by atoms with E-state index >= 15 is 4.79 Å². The van der Waals surface area contributed by atoms with Crippen LogP contribution < -0.4 is 10.6 Å². The Balaban J connectivity index is 2.73. The zero-order chi connectivity index (χ0) is 84.4. The van der Waals surface area contributed by atoms with Crippen LogP contribution in [0.5, 0.6) is 0 Å². The second-order valence-electron chi connectivity index (χ2n) is 33.5. The van der Waals surface area contributed by atoms with Gasteiger partial charge in [0.2, 0.25) is 11.8 Å². The number of rotatable bonds is 78. The van der Waals surface area contributed by atoms with Gasteiger partial charge in [-0.15, -0.1) is 0 Å². The van der Waals surface area contributed by atoms with E-state index in [-0.39, 0.29) is 25.7 Å². The van der Waals surface area contributed by atoms with Gasteiger partial charge in [0.05, 0.1) is 51.1 Å². The fourth-order valence-electron chi connectivity index (χ4n) is 15.7. The number of nitrogens with one attached hydrogen (secondary N) is 2.